The van der Waals surface area contributed by atoms with Crippen LogP contribution in [0.25, 0.3) is 21.9 Å². The van der Waals surface area contributed by atoms with Crippen molar-refractivity contribution in [3.8, 4) is 0 Å². The minimum atomic E-state index is -0.0236. The number of pyridine rings is 1. The van der Waals surface area contributed by atoms with Gasteiger partial charge < -0.3 is 10.6 Å². The van der Waals surface area contributed by atoms with Crippen molar-refractivity contribution in [3.05, 3.63) is 48.4 Å². The van der Waals surface area contributed by atoms with Crippen LogP contribution in [0, 0.1) is 0 Å². The van der Waals surface area contributed by atoms with Gasteiger partial charge in [0.05, 0.1) is 23.1 Å². The molecule has 1 saturated heterocycles. The van der Waals surface area contributed by atoms with E-state index in [0.717, 1.165) is 46.4 Å². The molecule has 4 heterocycles. The molecule has 3 aromatic heterocycles. The molecule has 7 heteroatoms. The molecule has 5 rings (SSSR count). The van der Waals surface area contributed by atoms with Gasteiger partial charge in [-0.05, 0) is 31.9 Å². The monoisotopic (exact) mass is 359 g/mol. The van der Waals surface area contributed by atoms with Gasteiger partial charge in [0.2, 0.25) is 0 Å². The second kappa shape index (κ2) is 6.19. The van der Waals surface area contributed by atoms with Gasteiger partial charge in [0.25, 0.3) is 0 Å². The number of benzene rings is 1. The predicted molar refractivity (Wildman–Crippen MR) is 107 cm³/mol. The molecule has 0 amide bonds. The summed E-state index contributed by atoms with van der Waals surface area (Å²) in [4.78, 5) is 15.9. The number of anilines is 2. The van der Waals surface area contributed by atoms with Gasteiger partial charge in [-0.3, -0.25) is 0 Å². The van der Waals surface area contributed by atoms with E-state index in [1.807, 2.05) is 16.8 Å². The SMILES string of the molecule is CC(c1cc2ccccc2nc1N1CCCC1)n1ncc2c(N)ncnc21. The Kier molecular flexibility index (Phi) is 3.67. The van der Waals surface area contributed by atoms with Gasteiger partial charge in [-0.15, -0.1) is 0 Å². The molecule has 1 aromatic carbocycles. The topological polar surface area (TPSA) is 85.8 Å². The lowest BCUT2D eigenvalue weighted by atomic mass is 10.1. The van der Waals surface area contributed by atoms with Gasteiger partial charge in [-0.25, -0.2) is 19.6 Å². The van der Waals surface area contributed by atoms with Gasteiger partial charge in [0.15, 0.2) is 5.65 Å². The van der Waals surface area contributed by atoms with Crippen molar-refractivity contribution >= 4 is 33.6 Å². The first-order valence-corrected chi connectivity index (χ1v) is 9.30. The van der Waals surface area contributed by atoms with Crippen LogP contribution in [0.15, 0.2) is 42.9 Å². The number of hydrogen-bond acceptors (Lipinski definition) is 6. The van der Waals surface area contributed by atoms with Gasteiger partial charge in [-0.1, -0.05) is 18.2 Å². The number of nitrogen functional groups attached to an aromatic ring is 1. The van der Waals surface area contributed by atoms with E-state index in [1.54, 1.807) is 6.20 Å². The molecule has 0 radical (unpaired) electrons. The number of nitrogens with zero attached hydrogens (tertiary/aromatic N) is 6. The van der Waals surface area contributed by atoms with Gasteiger partial charge in [-0.2, -0.15) is 5.10 Å². The molecule has 1 aliphatic heterocycles. The molecule has 2 N–H and O–H groups in total. The van der Waals surface area contributed by atoms with Crippen LogP contribution >= 0.6 is 0 Å². The van der Waals surface area contributed by atoms with E-state index < -0.39 is 0 Å². The van der Waals surface area contributed by atoms with E-state index in [2.05, 4.69) is 45.1 Å². The molecule has 0 spiro atoms. The van der Waals surface area contributed by atoms with Gasteiger partial charge in [0, 0.05) is 24.0 Å². The molecule has 0 bridgehead atoms. The lowest BCUT2D eigenvalue weighted by Gasteiger charge is -2.24. The van der Waals surface area contributed by atoms with Crippen LogP contribution in [0.5, 0.6) is 0 Å². The Balaban J connectivity index is 1.70. The summed E-state index contributed by atoms with van der Waals surface area (Å²) in [7, 11) is 0. The third kappa shape index (κ3) is 2.58. The highest BCUT2D eigenvalue weighted by atomic mass is 15.3. The predicted octanol–water partition coefficient (Wildman–Crippen LogP) is 3.17. The maximum atomic E-state index is 5.99. The quantitative estimate of drug-likeness (QED) is 0.605. The van der Waals surface area contributed by atoms with Crippen molar-refractivity contribution in [2.24, 2.45) is 0 Å². The maximum absolute atomic E-state index is 5.99. The zero-order valence-corrected chi connectivity index (χ0v) is 15.2. The smallest absolute Gasteiger partial charge is 0.163 e. The minimum absolute atomic E-state index is 0.0236. The lowest BCUT2D eigenvalue weighted by Crippen LogP contribution is -2.23. The van der Waals surface area contributed by atoms with Crippen LogP contribution in [0.2, 0.25) is 0 Å². The number of aromatic nitrogens is 5. The molecular formula is C20H21N7. The van der Waals surface area contributed by atoms with Crippen LogP contribution in [-0.4, -0.2) is 37.8 Å². The summed E-state index contributed by atoms with van der Waals surface area (Å²) >= 11 is 0. The standard InChI is InChI=1S/C20H21N7/c1-13(27-19-16(11-24-27)18(21)22-12-23-19)15-10-14-6-2-3-7-17(14)25-20(15)26-8-4-5-9-26/h2-3,6-7,10-13H,4-5,8-9H2,1H3,(H2,21,22,23). The van der Waals surface area contributed by atoms with Gasteiger partial charge >= 0.3 is 0 Å². The fourth-order valence-electron chi connectivity index (χ4n) is 3.91. The van der Waals surface area contributed by atoms with Crippen molar-refractivity contribution in [3.63, 3.8) is 0 Å². The third-order valence-corrected chi connectivity index (χ3v) is 5.38. The molecule has 136 valence electrons. The Morgan fingerprint density at radius 2 is 1.93 bits per heavy atom. The van der Waals surface area contributed by atoms with Crippen molar-refractivity contribution in [2.75, 3.05) is 23.7 Å². The second-order valence-corrected chi connectivity index (χ2v) is 7.05. The van der Waals surface area contributed by atoms with Crippen LogP contribution in [-0.2, 0) is 0 Å². The number of rotatable bonds is 3. The van der Waals surface area contributed by atoms with Crippen molar-refractivity contribution in [1.29, 1.82) is 0 Å². The molecule has 4 aromatic rings. The van der Waals surface area contributed by atoms with E-state index in [4.69, 9.17) is 10.7 Å². The summed E-state index contributed by atoms with van der Waals surface area (Å²) in [6, 6.07) is 10.5. The average Bonchev–Trinajstić information content (AvgIpc) is 3.37. The van der Waals surface area contributed by atoms with E-state index in [-0.39, 0.29) is 6.04 Å². The van der Waals surface area contributed by atoms with E-state index in [9.17, 15) is 0 Å². The fraction of sp³-hybridized carbons (Fsp3) is 0.300. The Hall–Kier alpha value is -3.22. The van der Waals surface area contributed by atoms with Crippen molar-refractivity contribution < 1.29 is 0 Å². The average molecular weight is 359 g/mol. The summed E-state index contributed by atoms with van der Waals surface area (Å²) < 4.78 is 1.92. The second-order valence-electron chi connectivity index (χ2n) is 7.05. The number of para-hydroxylation sites is 1. The molecule has 0 aliphatic carbocycles. The zero-order valence-electron chi connectivity index (χ0n) is 15.2. The van der Waals surface area contributed by atoms with Crippen LogP contribution in [0.4, 0.5) is 11.6 Å². The summed E-state index contributed by atoms with van der Waals surface area (Å²) in [5, 5.41) is 6.48. The summed E-state index contributed by atoms with van der Waals surface area (Å²) in [5.41, 5.74) is 8.90. The van der Waals surface area contributed by atoms with E-state index in [1.165, 1.54) is 19.2 Å². The van der Waals surface area contributed by atoms with Gasteiger partial charge in [0.1, 0.15) is 18.0 Å². The summed E-state index contributed by atoms with van der Waals surface area (Å²) in [6.45, 7) is 4.22. The lowest BCUT2D eigenvalue weighted by molar-refractivity contribution is 0.577. The number of hydrogen-bond donors (Lipinski definition) is 1. The highest BCUT2D eigenvalue weighted by Gasteiger charge is 2.24. The minimum Gasteiger partial charge on any atom is -0.383 e. The fourth-order valence-corrected chi connectivity index (χ4v) is 3.91. The van der Waals surface area contributed by atoms with Crippen molar-refractivity contribution in [1.82, 2.24) is 24.7 Å². The first kappa shape index (κ1) is 16.0. The number of nitrogens with two attached hydrogens (primary N) is 1. The molecule has 1 atom stereocenters. The first-order chi connectivity index (χ1) is 13.2. The molecule has 0 saturated carbocycles. The molecule has 1 fully saturated rings. The summed E-state index contributed by atoms with van der Waals surface area (Å²) in [6.07, 6.45) is 5.64. The summed E-state index contributed by atoms with van der Waals surface area (Å²) in [5.74, 6) is 1.50. The van der Waals surface area contributed by atoms with Crippen molar-refractivity contribution in [2.45, 2.75) is 25.8 Å². The largest absolute Gasteiger partial charge is 0.383 e. The van der Waals surface area contributed by atoms with Crippen LogP contribution < -0.4 is 10.6 Å². The number of fused-ring (bicyclic) bond motifs is 2. The molecule has 1 unspecified atom stereocenters. The molecule has 1 aliphatic rings. The Morgan fingerprint density at radius 3 is 2.78 bits per heavy atom. The maximum Gasteiger partial charge on any atom is 0.163 e. The third-order valence-electron chi connectivity index (χ3n) is 5.38. The highest BCUT2D eigenvalue weighted by molar-refractivity contribution is 5.85. The van der Waals surface area contributed by atoms with Crippen LogP contribution in [0.1, 0.15) is 31.4 Å². The van der Waals surface area contributed by atoms with E-state index in [0.29, 0.717) is 5.82 Å². The first-order valence-electron chi connectivity index (χ1n) is 9.30. The zero-order chi connectivity index (χ0) is 18.4. The normalized spacial score (nSPS) is 15.7. The highest BCUT2D eigenvalue weighted by Crippen LogP contribution is 2.33. The Morgan fingerprint density at radius 1 is 1.11 bits per heavy atom. The van der Waals surface area contributed by atoms with Crippen LogP contribution in [0.3, 0.4) is 0 Å². The molecule has 27 heavy (non-hydrogen) atoms. The van der Waals surface area contributed by atoms with E-state index >= 15 is 0 Å². The molecule has 7 nitrogen and oxygen atoms in total. The molecular weight excluding hydrogens is 338 g/mol. The Labute approximate surface area is 156 Å². The Bertz CT molecular complexity index is 1130.